The van der Waals surface area contributed by atoms with Gasteiger partial charge in [-0.15, -0.1) is 0 Å². The molecule has 0 aliphatic carbocycles. The van der Waals surface area contributed by atoms with Gasteiger partial charge in [-0.1, -0.05) is 0 Å². The number of anilines is 2. The van der Waals surface area contributed by atoms with Crippen LogP contribution < -0.4 is 10.1 Å². The highest BCUT2D eigenvalue weighted by Crippen LogP contribution is 2.30. The van der Waals surface area contributed by atoms with Crippen LogP contribution in [-0.2, 0) is 4.79 Å². The topological polar surface area (TPSA) is 107 Å². The van der Waals surface area contributed by atoms with Gasteiger partial charge in [0.25, 0.3) is 11.8 Å². The summed E-state index contributed by atoms with van der Waals surface area (Å²) < 4.78 is 19.5. The summed E-state index contributed by atoms with van der Waals surface area (Å²) >= 11 is 0. The van der Waals surface area contributed by atoms with Crippen molar-refractivity contribution >= 4 is 34.2 Å². The quantitative estimate of drug-likeness (QED) is 0.377. The molecule has 0 saturated carbocycles. The molecule has 0 bridgehead atoms. The van der Waals surface area contributed by atoms with Crippen LogP contribution in [0.1, 0.15) is 10.4 Å². The number of benzene rings is 2. The van der Waals surface area contributed by atoms with E-state index in [-0.39, 0.29) is 24.2 Å². The second kappa shape index (κ2) is 11.1. The van der Waals surface area contributed by atoms with E-state index in [0.717, 1.165) is 24.0 Å². The number of nitrogens with zero attached hydrogens (tertiary/aromatic N) is 5. The van der Waals surface area contributed by atoms with Gasteiger partial charge in [-0.05, 0) is 49.5 Å². The molecule has 1 aliphatic rings. The fraction of sp³-hybridized carbons (Fsp3) is 0.286. The fourth-order valence-electron chi connectivity index (χ4n) is 4.27. The summed E-state index contributed by atoms with van der Waals surface area (Å²) in [6, 6.07) is 11.4. The number of hydrogen-bond acceptors (Lipinski definition) is 7. The number of ether oxygens (including phenoxy) is 1. The molecule has 1 fully saturated rings. The molecule has 1 saturated heterocycles. The van der Waals surface area contributed by atoms with Crippen molar-refractivity contribution in [3.8, 4) is 17.1 Å². The van der Waals surface area contributed by atoms with Gasteiger partial charge in [0.2, 0.25) is 0 Å². The number of carbonyl (C=O) groups is 2. The van der Waals surface area contributed by atoms with Crippen LogP contribution in [-0.4, -0.2) is 95.4 Å². The Morgan fingerprint density at radius 2 is 1.87 bits per heavy atom. The first kappa shape index (κ1) is 26.1. The lowest BCUT2D eigenvalue weighted by atomic mass is 10.1. The Labute approximate surface area is 225 Å². The van der Waals surface area contributed by atoms with Crippen LogP contribution in [0.15, 0.2) is 54.9 Å². The van der Waals surface area contributed by atoms with Gasteiger partial charge in [-0.2, -0.15) is 0 Å². The fourth-order valence-corrected chi connectivity index (χ4v) is 4.27. The minimum Gasteiger partial charge on any atom is -0.482 e. The summed E-state index contributed by atoms with van der Waals surface area (Å²) in [5.41, 5.74) is 3.04. The number of aromatic nitrogens is 3. The van der Waals surface area contributed by atoms with Gasteiger partial charge in [0.1, 0.15) is 23.1 Å². The number of piperazine rings is 1. The van der Waals surface area contributed by atoms with E-state index in [0.29, 0.717) is 47.3 Å². The number of H-pyrrole nitrogens is 1. The molecule has 3 heterocycles. The molecule has 0 spiro atoms. The first-order valence-corrected chi connectivity index (χ1v) is 12.6. The third-order valence-corrected chi connectivity index (χ3v) is 6.63. The third-order valence-electron chi connectivity index (χ3n) is 6.63. The number of halogens is 1. The molecule has 2 aromatic heterocycles. The number of rotatable bonds is 7. The third kappa shape index (κ3) is 5.99. The minimum absolute atomic E-state index is 0.0875. The zero-order valence-corrected chi connectivity index (χ0v) is 22.1. The maximum atomic E-state index is 13.6. The molecule has 4 aromatic rings. The Balaban J connectivity index is 1.41. The van der Waals surface area contributed by atoms with E-state index in [1.54, 1.807) is 50.8 Å². The molecular formula is C28H30FN7O3. The molecular weight excluding hydrogens is 501 g/mol. The van der Waals surface area contributed by atoms with Gasteiger partial charge in [0.05, 0.1) is 23.8 Å². The summed E-state index contributed by atoms with van der Waals surface area (Å²) in [6.07, 6.45) is 3.17. The summed E-state index contributed by atoms with van der Waals surface area (Å²) in [5, 5.41) is 3.93. The van der Waals surface area contributed by atoms with E-state index < -0.39 is 0 Å². The molecule has 202 valence electrons. The molecule has 39 heavy (non-hydrogen) atoms. The summed E-state index contributed by atoms with van der Waals surface area (Å²) in [6.45, 7) is 2.73. The number of likely N-dealkylation sites (N-methyl/N-ethyl adjacent to an activating group) is 2. The van der Waals surface area contributed by atoms with Gasteiger partial charge in [0.15, 0.2) is 6.61 Å². The molecule has 0 unspecified atom stereocenters. The molecule has 0 radical (unpaired) electrons. The van der Waals surface area contributed by atoms with Crippen LogP contribution in [0.3, 0.4) is 0 Å². The Morgan fingerprint density at radius 1 is 1.08 bits per heavy atom. The smallest absolute Gasteiger partial charge is 0.259 e. The van der Waals surface area contributed by atoms with Crippen LogP contribution in [0.5, 0.6) is 5.75 Å². The average molecular weight is 532 g/mol. The molecule has 1 aliphatic heterocycles. The van der Waals surface area contributed by atoms with Gasteiger partial charge in [-0.25, -0.2) is 9.37 Å². The summed E-state index contributed by atoms with van der Waals surface area (Å²) in [4.78, 5) is 43.0. The molecule has 5 rings (SSSR count). The second-order valence-electron chi connectivity index (χ2n) is 9.71. The van der Waals surface area contributed by atoms with E-state index in [2.05, 4.69) is 25.2 Å². The number of amides is 2. The van der Waals surface area contributed by atoms with E-state index in [9.17, 15) is 14.0 Å². The van der Waals surface area contributed by atoms with Crippen molar-refractivity contribution in [1.82, 2.24) is 29.7 Å². The van der Waals surface area contributed by atoms with Crippen molar-refractivity contribution in [2.24, 2.45) is 0 Å². The normalized spacial score (nSPS) is 13.9. The minimum atomic E-state index is -0.315. The SMILES string of the molecule is CN1CCN(C(=O)c2ccc(Nc3cncc(-c4cc5cc(F)ccc5[nH]4)n3)c(OCC(=O)N(C)C)c2)CC1. The summed E-state index contributed by atoms with van der Waals surface area (Å²) in [7, 11) is 5.33. The molecule has 2 aromatic carbocycles. The zero-order valence-electron chi connectivity index (χ0n) is 22.1. The van der Waals surface area contributed by atoms with Crippen molar-refractivity contribution in [2.75, 3.05) is 59.2 Å². The van der Waals surface area contributed by atoms with E-state index >= 15 is 0 Å². The highest BCUT2D eigenvalue weighted by molar-refractivity contribution is 5.95. The largest absolute Gasteiger partial charge is 0.482 e. The van der Waals surface area contributed by atoms with Crippen LogP contribution in [0.25, 0.3) is 22.3 Å². The van der Waals surface area contributed by atoms with E-state index in [1.807, 2.05) is 18.0 Å². The molecule has 0 atom stereocenters. The lowest BCUT2D eigenvalue weighted by Crippen LogP contribution is -2.47. The molecule has 2 N–H and O–H groups in total. The molecule has 2 amide bonds. The number of nitrogens with one attached hydrogen (secondary N) is 2. The molecule has 11 heteroatoms. The van der Waals surface area contributed by atoms with Gasteiger partial charge in [-0.3, -0.25) is 14.6 Å². The average Bonchev–Trinajstić information content (AvgIpc) is 3.36. The van der Waals surface area contributed by atoms with Gasteiger partial charge >= 0.3 is 0 Å². The highest BCUT2D eigenvalue weighted by Gasteiger charge is 2.22. The van der Waals surface area contributed by atoms with Crippen LogP contribution >= 0.6 is 0 Å². The first-order valence-electron chi connectivity index (χ1n) is 12.6. The van der Waals surface area contributed by atoms with Crippen molar-refractivity contribution in [3.05, 3.63) is 66.2 Å². The lowest BCUT2D eigenvalue weighted by Gasteiger charge is -2.32. The predicted molar refractivity (Wildman–Crippen MR) is 147 cm³/mol. The number of aromatic amines is 1. The monoisotopic (exact) mass is 531 g/mol. The van der Waals surface area contributed by atoms with Crippen molar-refractivity contribution in [1.29, 1.82) is 0 Å². The Hall–Kier alpha value is -4.51. The number of hydrogen-bond donors (Lipinski definition) is 2. The lowest BCUT2D eigenvalue weighted by molar-refractivity contribution is -0.130. The van der Waals surface area contributed by atoms with Crippen LogP contribution in [0.4, 0.5) is 15.9 Å². The Kier molecular flexibility index (Phi) is 7.42. The maximum absolute atomic E-state index is 13.6. The van der Waals surface area contributed by atoms with Crippen molar-refractivity contribution in [2.45, 2.75) is 0 Å². The van der Waals surface area contributed by atoms with Gasteiger partial charge in [0, 0.05) is 56.7 Å². The maximum Gasteiger partial charge on any atom is 0.259 e. The van der Waals surface area contributed by atoms with E-state index in [1.165, 1.54) is 17.0 Å². The van der Waals surface area contributed by atoms with Crippen molar-refractivity contribution in [3.63, 3.8) is 0 Å². The highest BCUT2D eigenvalue weighted by atomic mass is 19.1. The Morgan fingerprint density at radius 3 is 2.64 bits per heavy atom. The summed E-state index contributed by atoms with van der Waals surface area (Å²) in [5.74, 6) is 0.159. The van der Waals surface area contributed by atoms with Crippen LogP contribution in [0, 0.1) is 5.82 Å². The number of carbonyl (C=O) groups excluding carboxylic acids is 2. The second-order valence-corrected chi connectivity index (χ2v) is 9.71. The first-order chi connectivity index (χ1) is 18.8. The number of fused-ring (bicyclic) bond motifs is 1. The molecule has 10 nitrogen and oxygen atoms in total. The standard InChI is InChI=1S/C28H30FN7O3/c1-34(2)27(37)17-39-25-14-18(28(38)36-10-8-35(3)9-11-36)4-6-22(25)32-26-16-30-15-24(33-26)23-13-19-12-20(29)5-7-21(19)31-23/h4-7,12-16,31H,8-11,17H2,1-3H3,(H,32,33). The zero-order chi connectivity index (χ0) is 27.5. The Bertz CT molecular complexity index is 1510. The predicted octanol–water partition coefficient (Wildman–Crippen LogP) is 3.36. The van der Waals surface area contributed by atoms with Crippen LogP contribution in [0.2, 0.25) is 0 Å². The van der Waals surface area contributed by atoms with E-state index in [4.69, 9.17) is 4.74 Å². The van der Waals surface area contributed by atoms with Gasteiger partial charge < -0.3 is 29.7 Å². The van der Waals surface area contributed by atoms with Crippen molar-refractivity contribution < 1.29 is 18.7 Å².